The van der Waals surface area contributed by atoms with Crippen LogP contribution in [-0.4, -0.2) is 28.6 Å². The highest BCUT2D eigenvalue weighted by molar-refractivity contribution is 5.44. The van der Waals surface area contributed by atoms with Crippen molar-refractivity contribution in [1.82, 2.24) is 4.90 Å². The van der Waals surface area contributed by atoms with Gasteiger partial charge in [-0.25, -0.2) is 0 Å². The summed E-state index contributed by atoms with van der Waals surface area (Å²) in [6, 6.07) is 7.48. The monoisotopic (exact) mass is 285 g/mol. The second-order valence-electron chi connectivity index (χ2n) is 7.88. The van der Waals surface area contributed by atoms with Gasteiger partial charge in [0.25, 0.3) is 0 Å². The van der Waals surface area contributed by atoms with Crippen molar-refractivity contribution in [2.24, 2.45) is 11.8 Å². The maximum absolute atomic E-state index is 9.90. The molecule has 1 heterocycles. The molecule has 2 heteroatoms. The molecule has 1 aromatic carbocycles. The summed E-state index contributed by atoms with van der Waals surface area (Å²) in [6.45, 7) is 8.52. The number of benzene rings is 1. The Morgan fingerprint density at radius 1 is 1.33 bits per heavy atom. The zero-order valence-corrected chi connectivity index (χ0v) is 13.5. The van der Waals surface area contributed by atoms with Crippen LogP contribution in [0.25, 0.3) is 0 Å². The van der Waals surface area contributed by atoms with Crippen LogP contribution in [0.15, 0.2) is 18.2 Å². The molecule has 0 spiro atoms. The second kappa shape index (κ2) is 4.49. The molecule has 2 nitrogen and oxygen atoms in total. The molecule has 1 aromatic rings. The highest BCUT2D eigenvalue weighted by atomic mass is 16.3. The fourth-order valence-corrected chi connectivity index (χ4v) is 5.00. The van der Waals surface area contributed by atoms with Crippen LogP contribution in [-0.2, 0) is 11.8 Å². The van der Waals surface area contributed by atoms with Crippen LogP contribution in [0, 0.1) is 11.8 Å². The van der Waals surface area contributed by atoms with E-state index in [1.807, 2.05) is 12.1 Å². The predicted octanol–water partition coefficient (Wildman–Crippen LogP) is 3.71. The molecule has 2 fully saturated rings. The molecular weight excluding hydrogens is 258 g/mol. The number of fused-ring (bicyclic) bond motifs is 4. The molecule has 3 aliphatic rings. The summed E-state index contributed by atoms with van der Waals surface area (Å²) in [5.74, 6) is 2.04. The Labute approximate surface area is 128 Å². The lowest BCUT2D eigenvalue weighted by Crippen LogP contribution is -2.60. The first-order valence-electron chi connectivity index (χ1n) is 8.59. The van der Waals surface area contributed by atoms with Crippen molar-refractivity contribution >= 4 is 0 Å². The van der Waals surface area contributed by atoms with Gasteiger partial charge in [0.2, 0.25) is 0 Å². The Morgan fingerprint density at radius 3 is 2.81 bits per heavy atom. The van der Waals surface area contributed by atoms with Gasteiger partial charge in [-0.15, -0.1) is 0 Å². The van der Waals surface area contributed by atoms with Crippen molar-refractivity contribution in [3.8, 4) is 5.75 Å². The number of rotatable bonds is 2. The number of phenols is 1. The first-order chi connectivity index (χ1) is 10.0. The standard InChI is InChI=1S/C19H27NO/c1-12-18-10-15-6-7-16(21)11-17(15)19(12,3)8-9-20(18)13(2)14-4-5-14/h6-7,11-14,18,21H,4-5,8-10H2,1-3H3/t12?,13-,18?,19-/m1/s1. The van der Waals surface area contributed by atoms with Crippen LogP contribution in [0.2, 0.25) is 0 Å². The third-order valence-electron chi connectivity index (χ3n) is 6.86. The molecule has 21 heavy (non-hydrogen) atoms. The van der Waals surface area contributed by atoms with Gasteiger partial charge in [0.15, 0.2) is 0 Å². The summed E-state index contributed by atoms with van der Waals surface area (Å²) in [7, 11) is 0. The molecule has 1 saturated carbocycles. The molecule has 114 valence electrons. The van der Waals surface area contributed by atoms with E-state index in [4.69, 9.17) is 0 Å². The minimum absolute atomic E-state index is 0.233. The van der Waals surface area contributed by atoms with E-state index in [9.17, 15) is 5.11 Å². The molecule has 0 aromatic heterocycles. The highest BCUT2D eigenvalue weighted by Crippen LogP contribution is 2.51. The first-order valence-corrected chi connectivity index (χ1v) is 8.59. The molecule has 1 aliphatic heterocycles. The Hall–Kier alpha value is -1.02. The molecule has 4 rings (SSSR count). The maximum atomic E-state index is 9.90. The summed E-state index contributed by atoms with van der Waals surface area (Å²) in [6.07, 6.45) is 5.24. The maximum Gasteiger partial charge on any atom is 0.115 e. The molecule has 0 amide bonds. The molecule has 2 aliphatic carbocycles. The third-order valence-corrected chi connectivity index (χ3v) is 6.86. The minimum Gasteiger partial charge on any atom is -0.508 e. The van der Waals surface area contributed by atoms with Crippen LogP contribution in [0.4, 0.5) is 0 Å². The van der Waals surface area contributed by atoms with Crippen molar-refractivity contribution in [3.63, 3.8) is 0 Å². The van der Waals surface area contributed by atoms with E-state index in [1.165, 1.54) is 36.9 Å². The van der Waals surface area contributed by atoms with Crippen LogP contribution < -0.4 is 0 Å². The van der Waals surface area contributed by atoms with Gasteiger partial charge in [-0.1, -0.05) is 19.9 Å². The summed E-state index contributed by atoms with van der Waals surface area (Å²) < 4.78 is 0. The molecule has 2 unspecified atom stereocenters. The van der Waals surface area contributed by atoms with E-state index < -0.39 is 0 Å². The van der Waals surface area contributed by atoms with Gasteiger partial charge in [-0.05, 0) is 79.7 Å². The van der Waals surface area contributed by atoms with Crippen LogP contribution >= 0.6 is 0 Å². The molecular formula is C19H27NO. The normalized spacial score (nSPS) is 37.1. The fourth-order valence-electron chi connectivity index (χ4n) is 5.00. The summed E-state index contributed by atoms with van der Waals surface area (Å²) in [5, 5.41) is 9.90. The molecule has 2 bridgehead atoms. The topological polar surface area (TPSA) is 23.5 Å². The molecule has 1 N–H and O–H groups in total. The Kier molecular flexibility index (Phi) is 2.91. The number of aromatic hydroxyl groups is 1. The first kappa shape index (κ1) is 13.6. The van der Waals surface area contributed by atoms with Crippen molar-refractivity contribution in [3.05, 3.63) is 29.3 Å². The zero-order chi connectivity index (χ0) is 14.8. The van der Waals surface area contributed by atoms with Crippen molar-refractivity contribution in [2.75, 3.05) is 6.54 Å². The van der Waals surface area contributed by atoms with E-state index in [1.54, 1.807) is 0 Å². The summed E-state index contributed by atoms with van der Waals surface area (Å²) >= 11 is 0. The van der Waals surface area contributed by atoms with Crippen molar-refractivity contribution in [2.45, 2.75) is 64.0 Å². The van der Waals surface area contributed by atoms with E-state index in [0.717, 1.165) is 18.4 Å². The lowest BCUT2D eigenvalue weighted by Gasteiger charge is -2.56. The molecule has 4 atom stereocenters. The number of hydrogen-bond acceptors (Lipinski definition) is 2. The Balaban J connectivity index is 1.73. The Morgan fingerprint density at radius 2 is 2.10 bits per heavy atom. The van der Waals surface area contributed by atoms with E-state index in [-0.39, 0.29) is 5.41 Å². The largest absolute Gasteiger partial charge is 0.508 e. The SMILES string of the molecule is CC1C2Cc3ccc(O)cc3[C@]1(C)CCN2[C@H](C)C1CC1. The smallest absolute Gasteiger partial charge is 0.115 e. The van der Waals surface area contributed by atoms with Gasteiger partial charge in [0.1, 0.15) is 5.75 Å². The van der Waals surface area contributed by atoms with Crippen molar-refractivity contribution in [1.29, 1.82) is 0 Å². The van der Waals surface area contributed by atoms with Gasteiger partial charge in [-0.3, -0.25) is 4.90 Å². The van der Waals surface area contributed by atoms with Crippen LogP contribution in [0.1, 0.15) is 51.2 Å². The van der Waals surface area contributed by atoms with Gasteiger partial charge >= 0.3 is 0 Å². The quantitative estimate of drug-likeness (QED) is 0.895. The number of phenolic OH excluding ortho intramolecular Hbond substituents is 1. The number of nitrogens with zero attached hydrogens (tertiary/aromatic N) is 1. The number of piperidine rings is 1. The molecule has 1 saturated heterocycles. The van der Waals surface area contributed by atoms with E-state index in [2.05, 4.69) is 31.7 Å². The van der Waals surface area contributed by atoms with Gasteiger partial charge in [0, 0.05) is 12.1 Å². The number of hydrogen-bond donors (Lipinski definition) is 1. The average molecular weight is 285 g/mol. The van der Waals surface area contributed by atoms with Gasteiger partial charge < -0.3 is 5.11 Å². The lowest BCUT2D eigenvalue weighted by molar-refractivity contribution is 0.000427. The van der Waals surface area contributed by atoms with Crippen molar-refractivity contribution < 1.29 is 5.11 Å². The zero-order valence-electron chi connectivity index (χ0n) is 13.5. The van der Waals surface area contributed by atoms with Gasteiger partial charge in [-0.2, -0.15) is 0 Å². The third kappa shape index (κ3) is 1.95. The van der Waals surface area contributed by atoms with Crippen LogP contribution in [0.5, 0.6) is 5.75 Å². The van der Waals surface area contributed by atoms with E-state index in [0.29, 0.717) is 17.7 Å². The average Bonchev–Trinajstić information content (AvgIpc) is 3.28. The van der Waals surface area contributed by atoms with E-state index >= 15 is 0 Å². The Bertz CT molecular complexity index is 565. The summed E-state index contributed by atoms with van der Waals surface area (Å²) in [5.41, 5.74) is 3.10. The second-order valence-corrected chi connectivity index (χ2v) is 7.88. The lowest BCUT2D eigenvalue weighted by atomic mass is 9.58. The summed E-state index contributed by atoms with van der Waals surface area (Å²) in [4.78, 5) is 2.81. The van der Waals surface area contributed by atoms with Gasteiger partial charge in [0.05, 0.1) is 0 Å². The molecule has 0 radical (unpaired) electrons. The van der Waals surface area contributed by atoms with Crippen LogP contribution in [0.3, 0.4) is 0 Å². The highest BCUT2D eigenvalue weighted by Gasteiger charge is 2.50. The predicted molar refractivity (Wildman–Crippen MR) is 85.6 cm³/mol. The number of likely N-dealkylation sites (tertiary alicyclic amines) is 1. The minimum atomic E-state index is 0.233. The fraction of sp³-hybridized carbons (Fsp3) is 0.684.